The molecule has 3 aromatic rings. The molecule has 1 unspecified atom stereocenters. The molecule has 2 N–H and O–H groups in total. The van der Waals surface area contributed by atoms with Crippen molar-refractivity contribution < 1.29 is 9.90 Å². The lowest BCUT2D eigenvalue weighted by Crippen LogP contribution is -2.23. The zero-order valence-electron chi connectivity index (χ0n) is 14.9. The third-order valence-electron chi connectivity index (χ3n) is 4.27. The molecule has 26 heavy (non-hydrogen) atoms. The highest BCUT2D eigenvalue weighted by Crippen LogP contribution is 2.16. The van der Waals surface area contributed by atoms with Crippen LogP contribution >= 0.6 is 0 Å². The smallest absolute Gasteiger partial charge is 0.335 e. The molecule has 0 aliphatic rings. The molecule has 0 spiro atoms. The van der Waals surface area contributed by atoms with Crippen molar-refractivity contribution in [3.8, 4) is 11.4 Å². The topological polar surface area (TPSA) is 80.0 Å². The molecule has 1 atom stereocenters. The van der Waals surface area contributed by atoms with Crippen LogP contribution in [0.5, 0.6) is 0 Å². The highest BCUT2D eigenvalue weighted by atomic mass is 16.4. The Balaban J connectivity index is 1.59. The first-order valence-electron chi connectivity index (χ1n) is 8.54. The average molecular weight is 350 g/mol. The van der Waals surface area contributed by atoms with Crippen LogP contribution in [0.15, 0.2) is 55.1 Å². The van der Waals surface area contributed by atoms with E-state index in [1.54, 1.807) is 6.33 Å². The second kappa shape index (κ2) is 7.93. The number of hydrogen-bond acceptors (Lipinski definition) is 4. The molecule has 3 rings (SSSR count). The molecule has 1 aromatic carbocycles. The van der Waals surface area contributed by atoms with Crippen LogP contribution in [0.1, 0.15) is 34.5 Å². The van der Waals surface area contributed by atoms with Crippen molar-refractivity contribution in [1.82, 2.24) is 19.9 Å². The molecular weight excluding hydrogens is 328 g/mol. The second-order valence-electron chi connectivity index (χ2n) is 6.32. The first kappa shape index (κ1) is 17.8. The molecule has 0 aliphatic heterocycles. The average Bonchev–Trinajstić information content (AvgIpc) is 3.10. The number of carboxylic acid groups (broad SMARTS) is 1. The lowest BCUT2D eigenvalue weighted by Gasteiger charge is -2.15. The van der Waals surface area contributed by atoms with Gasteiger partial charge in [-0.1, -0.05) is 29.8 Å². The largest absolute Gasteiger partial charge is 0.478 e. The fourth-order valence-corrected chi connectivity index (χ4v) is 2.79. The number of rotatable bonds is 7. The summed E-state index contributed by atoms with van der Waals surface area (Å²) in [5.74, 6) is -0.970. The molecule has 0 amide bonds. The van der Waals surface area contributed by atoms with Gasteiger partial charge in [0.05, 0.1) is 17.6 Å². The van der Waals surface area contributed by atoms with Crippen LogP contribution in [0.4, 0.5) is 0 Å². The fourth-order valence-electron chi connectivity index (χ4n) is 2.79. The molecule has 2 heterocycles. The number of nitrogens with zero attached hydrogens (tertiary/aromatic N) is 3. The van der Waals surface area contributed by atoms with Gasteiger partial charge in [0.1, 0.15) is 5.69 Å². The number of benzene rings is 1. The Labute approximate surface area is 152 Å². The van der Waals surface area contributed by atoms with E-state index in [2.05, 4.69) is 53.4 Å². The van der Waals surface area contributed by atoms with Crippen LogP contribution in [0.2, 0.25) is 0 Å². The third kappa shape index (κ3) is 4.34. The van der Waals surface area contributed by atoms with E-state index < -0.39 is 5.97 Å². The zero-order chi connectivity index (χ0) is 18.5. The van der Waals surface area contributed by atoms with Gasteiger partial charge < -0.3 is 15.0 Å². The molecule has 6 heteroatoms. The highest BCUT2D eigenvalue weighted by Gasteiger charge is 2.09. The van der Waals surface area contributed by atoms with Gasteiger partial charge in [-0.05, 0) is 31.5 Å². The van der Waals surface area contributed by atoms with E-state index in [9.17, 15) is 4.79 Å². The van der Waals surface area contributed by atoms with Gasteiger partial charge in [-0.25, -0.2) is 9.78 Å². The maximum atomic E-state index is 11.1. The van der Waals surface area contributed by atoms with Crippen molar-refractivity contribution in [2.24, 2.45) is 0 Å². The van der Waals surface area contributed by atoms with Crippen LogP contribution in [-0.2, 0) is 6.54 Å². The Hall–Kier alpha value is -2.99. The zero-order valence-corrected chi connectivity index (χ0v) is 14.9. The standard InChI is InChI=1S/C20H22N4O2/c1-14-4-3-5-16(10-14)15(2)21-8-9-24-12-19(23-13-24)18-11-17(20(25)26)6-7-22-18/h3-7,10-13,15,21H,8-9H2,1-2H3,(H,25,26). The Morgan fingerprint density at radius 1 is 1.23 bits per heavy atom. The van der Waals surface area contributed by atoms with Gasteiger partial charge in [-0.3, -0.25) is 4.98 Å². The molecule has 0 radical (unpaired) electrons. The predicted octanol–water partition coefficient (Wildman–Crippen LogP) is 3.30. The van der Waals surface area contributed by atoms with Gasteiger partial charge in [0.15, 0.2) is 0 Å². The quantitative estimate of drug-likeness (QED) is 0.683. The second-order valence-corrected chi connectivity index (χ2v) is 6.32. The fraction of sp³-hybridized carbons (Fsp3) is 0.250. The maximum Gasteiger partial charge on any atom is 0.335 e. The molecular formula is C20H22N4O2. The van der Waals surface area contributed by atoms with Crippen molar-refractivity contribution in [3.63, 3.8) is 0 Å². The van der Waals surface area contributed by atoms with E-state index in [0.29, 0.717) is 11.4 Å². The molecule has 0 aliphatic carbocycles. The van der Waals surface area contributed by atoms with Crippen LogP contribution in [0, 0.1) is 6.92 Å². The summed E-state index contributed by atoms with van der Waals surface area (Å²) in [7, 11) is 0. The first-order valence-corrected chi connectivity index (χ1v) is 8.54. The SMILES string of the molecule is Cc1cccc(C(C)NCCn2cnc(-c3cc(C(=O)O)ccn3)c2)c1. The minimum absolute atomic E-state index is 0.207. The molecule has 0 saturated carbocycles. The molecule has 6 nitrogen and oxygen atoms in total. The summed E-state index contributed by atoms with van der Waals surface area (Å²) >= 11 is 0. The summed E-state index contributed by atoms with van der Waals surface area (Å²) in [6.07, 6.45) is 5.11. The number of aryl methyl sites for hydroxylation is 1. The summed E-state index contributed by atoms with van der Waals surface area (Å²) in [6.45, 7) is 5.81. The van der Waals surface area contributed by atoms with Crippen molar-refractivity contribution >= 4 is 5.97 Å². The molecule has 134 valence electrons. The van der Waals surface area contributed by atoms with Gasteiger partial charge in [0, 0.05) is 31.5 Å². The normalized spacial score (nSPS) is 12.1. The summed E-state index contributed by atoms with van der Waals surface area (Å²) in [5.41, 5.74) is 3.96. The Kier molecular flexibility index (Phi) is 5.43. The Morgan fingerprint density at radius 2 is 2.08 bits per heavy atom. The number of hydrogen-bond donors (Lipinski definition) is 2. The van der Waals surface area contributed by atoms with E-state index in [1.165, 1.54) is 29.5 Å². The van der Waals surface area contributed by atoms with E-state index in [4.69, 9.17) is 5.11 Å². The number of aromatic carboxylic acids is 1. The molecule has 0 fully saturated rings. The van der Waals surface area contributed by atoms with Crippen LogP contribution < -0.4 is 5.32 Å². The lowest BCUT2D eigenvalue weighted by molar-refractivity contribution is 0.0697. The van der Waals surface area contributed by atoms with E-state index in [-0.39, 0.29) is 11.6 Å². The Morgan fingerprint density at radius 3 is 2.85 bits per heavy atom. The summed E-state index contributed by atoms with van der Waals surface area (Å²) in [4.78, 5) is 19.6. The van der Waals surface area contributed by atoms with Gasteiger partial charge in [-0.15, -0.1) is 0 Å². The van der Waals surface area contributed by atoms with Crippen molar-refractivity contribution in [2.75, 3.05) is 6.54 Å². The maximum absolute atomic E-state index is 11.1. The van der Waals surface area contributed by atoms with Gasteiger partial charge in [0.2, 0.25) is 0 Å². The number of carbonyl (C=O) groups is 1. The number of carboxylic acids is 1. The summed E-state index contributed by atoms with van der Waals surface area (Å²) < 4.78 is 1.97. The van der Waals surface area contributed by atoms with Crippen molar-refractivity contribution in [3.05, 3.63) is 71.8 Å². The van der Waals surface area contributed by atoms with Gasteiger partial charge in [-0.2, -0.15) is 0 Å². The highest BCUT2D eigenvalue weighted by molar-refractivity contribution is 5.88. The van der Waals surface area contributed by atoms with E-state index in [1.807, 2.05) is 10.8 Å². The molecule has 2 aromatic heterocycles. The molecule has 0 saturated heterocycles. The third-order valence-corrected chi connectivity index (χ3v) is 4.27. The monoisotopic (exact) mass is 350 g/mol. The predicted molar refractivity (Wildman–Crippen MR) is 100 cm³/mol. The minimum atomic E-state index is -0.970. The number of pyridine rings is 1. The summed E-state index contributed by atoms with van der Waals surface area (Å²) in [5, 5.41) is 12.6. The van der Waals surface area contributed by atoms with Crippen molar-refractivity contribution in [1.29, 1.82) is 0 Å². The summed E-state index contributed by atoms with van der Waals surface area (Å²) in [6, 6.07) is 11.8. The van der Waals surface area contributed by atoms with E-state index >= 15 is 0 Å². The Bertz CT molecular complexity index is 904. The molecule has 0 bridgehead atoms. The van der Waals surface area contributed by atoms with E-state index in [0.717, 1.165) is 13.1 Å². The van der Waals surface area contributed by atoms with Gasteiger partial charge >= 0.3 is 5.97 Å². The van der Waals surface area contributed by atoms with Gasteiger partial charge in [0.25, 0.3) is 0 Å². The minimum Gasteiger partial charge on any atom is -0.478 e. The van der Waals surface area contributed by atoms with Crippen LogP contribution in [0.25, 0.3) is 11.4 Å². The number of imidazole rings is 1. The lowest BCUT2D eigenvalue weighted by atomic mass is 10.1. The first-order chi connectivity index (χ1) is 12.5. The number of nitrogens with one attached hydrogen (secondary N) is 1. The number of aromatic nitrogens is 3. The van der Waals surface area contributed by atoms with Crippen LogP contribution in [0.3, 0.4) is 0 Å². The van der Waals surface area contributed by atoms with Crippen LogP contribution in [-0.4, -0.2) is 32.2 Å². The van der Waals surface area contributed by atoms with Crippen molar-refractivity contribution in [2.45, 2.75) is 26.4 Å².